The molecule has 0 radical (unpaired) electrons. The average Bonchev–Trinajstić information content (AvgIpc) is 3.08. The first-order chi connectivity index (χ1) is 21.3. The molecule has 7 aromatic rings. The minimum atomic E-state index is 1.12. The zero-order chi connectivity index (χ0) is 28.3. The Hall–Kier alpha value is -5.40. The summed E-state index contributed by atoms with van der Waals surface area (Å²) >= 11 is 0. The number of fused-ring (bicyclic) bond motifs is 4. The van der Waals surface area contributed by atoms with E-state index < -0.39 is 0 Å². The van der Waals surface area contributed by atoms with Crippen LogP contribution in [0.5, 0.6) is 0 Å². The highest BCUT2D eigenvalue weighted by atomic mass is 15.2. The van der Waals surface area contributed by atoms with Gasteiger partial charge in [-0.25, -0.2) is 0 Å². The van der Waals surface area contributed by atoms with Crippen molar-refractivity contribution in [2.45, 2.75) is 12.8 Å². The van der Waals surface area contributed by atoms with Gasteiger partial charge in [-0.2, -0.15) is 0 Å². The van der Waals surface area contributed by atoms with Gasteiger partial charge in [0.05, 0.1) is 11.4 Å². The van der Waals surface area contributed by atoms with Crippen molar-refractivity contribution in [2.24, 2.45) is 0 Å². The fourth-order valence-corrected chi connectivity index (χ4v) is 7.11. The summed E-state index contributed by atoms with van der Waals surface area (Å²) in [5, 5.41) is 7.81. The highest BCUT2D eigenvalue weighted by Crippen LogP contribution is 2.53. The Morgan fingerprint density at radius 2 is 1.14 bits per heavy atom. The Labute approximate surface area is 251 Å². The Balaban J connectivity index is 1.29. The van der Waals surface area contributed by atoms with Crippen LogP contribution in [0, 0.1) is 0 Å². The van der Waals surface area contributed by atoms with Gasteiger partial charge in [0.1, 0.15) is 0 Å². The molecule has 0 atom stereocenters. The molecule has 1 nitrogen and oxygen atoms in total. The normalized spacial score (nSPS) is 13.3. The molecule has 1 heterocycles. The fourth-order valence-electron chi connectivity index (χ4n) is 7.11. The molecule has 0 aromatic heterocycles. The minimum absolute atomic E-state index is 1.12. The summed E-state index contributed by atoms with van der Waals surface area (Å²) in [4.78, 5) is 2.46. The number of hydrogen-bond donors (Lipinski definition) is 0. The summed E-state index contributed by atoms with van der Waals surface area (Å²) in [6.45, 7) is 0. The molecule has 0 spiro atoms. The first-order valence-corrected chi connectivity index (χ1v) is 15.2. The van der Waals surface area contributed by atoms with Crippen molar-refractivity contribution < 1.29 is 0 Å². The molecule has 0 bridgehead atoms. The zero-order valence-corrected chi connectivity index (χ0v) is 23.8. The van der Waals surface area contributed by atoms with Crippen LogP contribution in [0.15, 0.2) is 140 Å². The molecule has 0 amide bonds. The van der Waals surface area contributed by atoms with Crippen LogP contribution in [0.1, 0.15) is 12.8 Å². The fraction of sp³-hybridized carbons (Fsp3) is 0.0476. The number of rotatable bonds is 3. The van der Waals surface area contributed by atoms with Crippen molar-refractivity contribution >= 4 is 50.8 Å². The highest BCUT2D eigenvalue weighted by molar-refractivity contribution is 6.17. The molecule has 202 valence electrons. The first kappa shape index (κ1) is 24.2. The van der Waals surface area contributed by atoms with E-state index >= 15 is 0 Å². The monoisotopic (exact) mass is 547 g/mol. The van der Waals surface area contributed by atoms with Crippen molar-refractivity contribution in [3.8, 4) is 33.4 Å². The lowest BCUT2D eigenvalue weighted by Gasteiger charge is -2.34. The Kier molecular flexibility index (Phi) is 5.39. The zero-order valence-electron chi connectivity index (χ0n) is 23.8. The van der Waals surface area contributed by atoms with E-state index in [0.717, 1.165) is 12.8 Å². The summed E-state index contributed by atoms with van der Waals surface area (Å²) in [5.74, 6) is 0. The second-order valence-electron chi connectivity index (χ2n) is 11.7. The van der Waals surface area contributed by atoms with Crippen molar-refractivity contribution in [3.05, 3.63) is 150 Å². The van der Waals surface area contributed by atoms with E-state index in [4.69, 9.17) is 0 Å². The Morgan fingerprint density at radius 1 is 0.419 bits per heavy atom. The van der Waals surface area contributed by atoms with Crippen LogP contribution in [0.3, 0.4) is 0 Å². The molecule has 0 fully saturated rings. The summed E-state index contributed by atoms with van der Waals surface area (Å²) in [7, 11) is 0. The predicted molar refractivity (Wildman–Crippen MR) is 183 cm³/mol. The third-order valence-corrected chi connectivity index (χ3v) is 9.18. The van der Waals surface area contributed by atoms with Gasteiger partial charge in [-0.05, 0) is 104 Å². The van der Waals surface area contributed by atoms with Crippen LogP contribution in [0.25, 0.3) is 67.1 Å². The highest BCUT2D eigenvalue weighted by Gasteiger charge is 2.27. The van der Waals surface area contributed by atoms with Crippen LogP contribution in [0.4, 0.5) is 17.1 Å². The van der Waals surface area contributed by atoms with Crippen LogP contribution in [-0.4, -0.2) is 0 Å². The van der Waals surface area contributed by atoms with Gasteiger partial charge in [0.25, 0.3) is 0 Å². The molecule has 43 heavy (non-hydrogen) atoms. The molecular formula is C42H29N. The van der Waals surface area contributed by atoms with Gasteiger partial charge in [-0.3, -0.25) is 0 Å². The number of anilines is 3. The molecule has 0 unspecified atom stereocenters. The quantitative estimate of drug-likeness (QED) is 0.213. The molecule has 7 aromatic carbocycles. The number of nitrogens with zero attached hydrogens (tertiary/aromatic N) is 1. The van der Waals surface area contributed by atoms with Gasteiger partial charge in [0.2, 0.25) is 0 Å². The maximum Gasteiger partial charge on any atom is 0.0546 e. The summed E-state index contributed by atoms with van der Waals surface area (Å²) in [6, 6.07) is 51.6. The maximum atomic E-state index is 2.46. The molecular weight excluding hydrogens is 518 g/mol. The molecule has 0 saturated heterocycles. The van der Waals surface area contributed by atoms with E-state index in [-0.39, 0.29) is 0 Å². The Bertz CT molecular complexity index is 2350. The van der Waals surface area contributed by atoms with Crippen LogP contribution < -0.4 is 15.3 Å². The van der Waals surface area contributed by atoms with Gasteiger partial charge in [0.15, 0.2) is 0 Å². The predicted octanol–water partition coefficient (Wildman–Crippen LogP) is 10.1. The SMILES string of the molecule is C1=c2ccc(-c3ccc4c(c3)N(c3ccccc3)c3cccc5c(-c6ccc7ccccc7c6)ccc-4c35)cc2=CCC1. The number of para-hydroxylation sites is 1. The van der Waals surface area contributed by atoms with Crippen LogP contribution in [0.2, 0.25) is 0 Å². The molecule has 0 N–H and O–H groups in total. The second kappa shape index (κ2) is 9.58. The van der Waals surface area contributed by atoms with Crippen molar-refractivity contribution in [2.75, 3.05) is 4.90 Å². The van der Waals surface area contributed by atoms with Crippen molar-refractivity contribution in [1.29, 1.82) is 0 Å². The van der Waals surface area contributed by atoms with E-state index in [1.54, 1.807) is 0 Å². The smallest absolute Gasteiger partial charge is 0.0546 e. The molecule has 1 aliphatic carbocycles. The lowest BCUT2D eigenvalue weighted by molar-refractivity contribution is 1.12. The van der Waals surface area contributed by atoms with Crippen molar-refractivity contribution in [1.82, 2.24) is 0 Å². The van der Waals surface area contributed by atoms with E-state index in [2.05, 4.69) is 157 Å². The lowest BCUT2D eigenvalue weighted by atomic mass is 9.86. The summed E-state index contributed by atoms with van der Waals surface area (Å²) in [6.07, 6.45) is 6.97. The van der Waals surface area contributed by atoms with Gasteiger partial charge < -0.3 is 4.90 Å². The van der Waals surface area contributed by atoms with E-state index in [1.165, 1.54) is 82.4 Å². The maximum absolute atomic E-state index is 2.46. The lowest BCUT2D eigenvalue weighted by Crippen LogP contribution is -2.26. The summed E-state index contributed by atoms with van der Waals surface area (Å²) < 4.78 is 0. The van der Waals surface area contributed by atoms with Crippen molar-refractivity contribution in [3.63, 3.8) is 0 Å². The second-order valence-corrected chi connectivity index (χ2v) is 11.7. The third-order valence-electron chi connectivity index (χ3n) is 9.18. The van der Waals surface area contributed by atoms with E-state index in [1.807, 2.05) is 0 Å². The molecule has 1 heteroatoms. The largest absolute Gasteiger partial charge is 0.309 e. The number of hydrogen-bond acceptors (Lipinski definition) is 1. The van der Waals surface area contributed by atoms with Crippen LogP contribution >= 0.6 is 0 Å². The molecule has 2 aliphatic rings. The average molecular weight is 548 g/mol. The first-order valence-electron chi connectivity index (χ1n) is 15.2. The Morgan fingerprint density at radius 3 is 2.05 bits per heavy atom. The number of benzene rings is 7. The molecule has 9 rings (SSSR count). The van der Waals surface area contributed by atoms with Gasteiger partial charge >= 0.3 is 0 Å². The van der Waals surface area contributed by atoms with Crippen LogP contribution in [-0.2, 0) is 0 Å². The van der Waals surface area contributed by atoms with E-state index in [9.17, 15) is 0 Å². The summed E-state index contributed by atoms with van der Waals surface area (Å²) in [5.41, 5.74) is 11.2. The third kappa shape index (κ3) is 3.86. The van der Waals surface area contributed by atoms with Gasteiger partial charge in [-0.1, -0.05) is 115 Å². The van der Waals surface area contributed by atoms with Gasteiger partial charge in [0, 0.05) is 16.6 Å². The standard InChI is InChI=1S/C42H29N/c1-2-13-35(14-3-1)43-40-16-8-15-38-36(34-20-18-29-10-5-7-12-31(29)26-34)23-24-39(42(38)40)37-22-21-33(27-41(37)43)32-19-17-28-9-4-6-11-30(28)25-32/h1-3,5,7-27H,4,6H2. The van der Waals surface area contributed by atoms with E-state index in [0.29, 0.717) is 0 Å². The molecule has 0 saturated carbocycles. The van der Waals surface area contributed by atoms with Gasteiger partial charge in [-0.15, -0.1) is 0 Å². The minimum Gasteiger partial charge on any atom is -0.309 e. The topological polar surface area (TPSA) is 3.24 Å². The molecule has 1 aliphatic heterocycles.